The highest BCUT2D eigenvalue weighted by Gasteiger charge is 2.16. The van der Waals surface area contributed by atoms with Crippen molar-refractivity contribution in [3.63, 3.8) is 0 Å². The fourth-order valence-corrected chi connectivity index (χ4v) is 2.60. The molecule has 0 aliphatic rings. The first-order valence-electron chi connectivity index (χ1n) is 7.70. The van der Waals surface area contributed by atoms with Gasteiger partial charge in [0.1, 0.15) is 5.69 Å². The van der Waals surface area contributed by atoms with Gasteiger partial charge in [-0.3, -0.25) is 14.2 Å². The summed E-state index contributed by atoms with van der Waals surface area (Å²) >= 11 is 0. The number of hydrogen-bond donors (Lipinski definition) is 0. The minimum Gasteiger partial charge on any atom is -0.292 e. The number of hydrogen-bond acceptors (Lipinski definition) is 3. The standard InChI is InChI=1S/C16H24N4O/c1-5-14(6-2)20-9-8-13(18-20)11-16(21)15-10-12(4)17-19(15)7-3/h8-10,14H,5-7,11H2,1-4H3. The van der Waals surface area contributed by atoms with Crippen molar-refractivity contribution < 1.29 is 4.79 Å². The van der Waals surface area contributed by atoms with Crippen LogP contribution in [0.4, 0.5) is 0 Å². The van der Waals surface area contributed by atoms with E-state index in [1.165, 1.54) is 0 Å². The van der Waals surface area contributed by atoms with Crippen LogP contribution in [0.3, 0.4) is 0 Å². The molecule has 0 spiro atoms. The molecule has 0 N–H and O–H groups in total. The van der Waals surface area contributed by atoms with E-state index in [9.17, 15) is 4.79 Å². The second kappa shape index (κ2) is 6.70. The molecule has 5 nitrogen and oxygen atoms in total. The van der Waals surface area contributed by atoms with Crippen LogP contribution in [0.2, 0.25) is 0 Å². The average molecular weight is 288 g/mol. The minimum absolute atomic E-state index is 0.0762. The summed E-state index contributed by atoms with van der Waals surface area (Å²) in [4.78, 5) is 12.4. The van der Waals surface area contributed by atoms with Gasteiger partial charge in [0.25, 0.3) is 0 Å². The van der Waals surface area contributed by atoms with Crippen LogP contribution in [0.15, 0.2) is 18.3 Å². The highest BCUT2D eigenvalue weighted by atomic mass is 16.1. The SMILES string of the molecule is CCC(CC)n1ccc(CC(=O)c2cc(C)nn2CC)n1. The van der Waals surface area contributed by atoms with Crippen LogP contribution in [-0.4, -0.2) is 25.3 Å². The van der Waals surface area contributed by atoms with Gasteiger partial charge >= 0.3 is 0 Å². The molecule has 2 aromatic heterocycles. The maximum atomic E-state index is 12.4. The minimum atomic E-state index is 0.0762. The van der Waals surface area contributed by atoms with Crippen LogP contribution < -0.4 is 0 Å². The quantitative estimate of drug-likeness (QED) is 0.735. The van der Waals surface area contributed by atoms with Gasteiger partial charge in [0.05, 0.1) is 23.9 Å². The number of aromatic nitrogens is 4. The molecule has 114 valence electrons. The first kappa shape index (κ1) is 15.5. The van der Waals surface area contributed by atoms with E-state index in [1.807, 2.05) is 36.9 Å². The number of Topliss-reactive ketones (excluding diaryl/α,β-unsaturated/α-hetero) is 1. The summed E-state index contributed by atoms with van der Waals surface area (Å²) in [7, 11) is 0. The monoisotopic (exact) mass is 288 g/mol. The third-order valence-electron chi connectivity index (χ3n) is 3.81. The van der Waals surface area contributed by atoms with Crippen LogP contribution in [0, 0.1) is 6.92 Å². The van der Waals surface area contributed by atoms with Gasteiger partial charge in [-0.05, 0) is 38.8 Å². The van der Waals surface area contributed by atoms with Crippen molar-refractivity contribution in [2.24, 2.45) is 0 Å². The van der Waals surface area contributed by atoms with Gasteiger partial charge < -0.3 is 0 Å². The Balaban J connectivity index is 2.12. The summed E-state index contributed by atoms with van der Waals surface area (Å²) in [5, 5.41) is 8.87. The summed E-state index contributed by atoms with van der Waals surface area (Å²) in [5.74, 6) is 0.0762. The second-order valence-electron chi connectivity index (χ2n) is 5.34. The smallest absolute Gasteiger partial charge is 0.186 e. The van der Waals surface area contributed by atoms with Crippen molar-refractivity contribution in [3.05, 3.63) is 35.4 Å². The van der Waals surface area contributed by atoms with Crippen LogP contribution in [0.5, 0.6) is 0 Å². The molecule has 0 aliphatic heterocycles. The molecular formula is C16H24N4O. The van der Waals surface area contributed by atoms with Crippen LogP contribution in [0.25, 0.3) is 0 Å². The van der Waals surface area contributed by atoms with Crippen molar-refractivity contribution >= 4 is 5.78 Å². The Kier molecular flexibility index (Phi) is 4.94. The summed E-state index contributed by atoms with van der Waals surface area (Å²) in [6.45, 7) is 8.92. The zero-order valence-corrected chi connectivity index (χ0v) is 13.3. The van der Waals surface area contributed by atoms with Gasteiger partial charge in [0, 0.05) is 12.7 Å². The molecule has 0 aliphatic carbocycles. The lowest BCUT2D eigenvalue weighted by atomic mass is 10.1. The number of carbonyl (C=O) groups excluding carboxylic acids is 1. The highest BCUT2D eigenvalue weighted by molar-refractivity contribution is 5.95. The van der Waals surface area contributed by atoms with E-state index in [0.29, 0.717) is 24.7 Å². The van der Waals surface area contributed by atoms with Crippen LogP contribution in [-0.2, 0) is 13.0 Å². The molecule has 0 atom stereocenters. The maximum Gasteiger partial charge on any atom is 0.186 e. The van der Waals surface area contributed by atoms with Crippen LogP contribution >= 0.6 is 0 Å². The Hall–Kier alpha value is -1.91. The molecule has 2 heterocycles. The maximum absolute atomic E-state index is 12.4. The highest BCUT2D eigenvalue weighted by Crippen LogP contribution is 2.15. The van der Waals surface area contributed by atoms with Crippen LogP contribution in [0.1, 0.15) is 61.5 Å². The van der Waals surface area contributed by atoms with Gasteiger partial charge in [-0.15, -0.1) is 0 Å². The Morgan fingerprint density at radius 3 is 2.57 bits per heavy atom. The van der Waals surface area contributed by atoms with E-state index in [2.05, 4.69) is 24.0 Å². The summed E-state index contributed by atoms with van der Waals surface area (Å²) in [5.41, 5.74) is 2.38. The van der Waals surface area contributed by atoms with Gasteiger partial charge in [-0.1, -0.05) is 13.8 Å². The third-order valence-corrected chi connectivity index (χ3v) is 3.81. The lowest BCUT2D eigenvalue weighted by Gasteiger charge is -2.12. The van der Waals surface area contributed by atoms with E-state index >= 15 is 0 Å². The summed E-state index contributed by atoms with van der Waals surface area (Å²) in [6.07, 6.45) is 4.40. The van der Waals surface area contributed by atoms with Crippen molar-refractivity contribution in [2.75, 3.05) is 0 Å². The lowest BCUT2D eigenvalue weighted by Crippen LogP contribution is -2.13. The molecule has 5 heteroatoms. The average Bonchev–Trinajstić information content (AvgIpc) is 3.07. The second-order valence-corrected chi connectivity index (χ2v) is 5.34. The summed E-state index contributed by atoms with van der Waals surface area (Å²) < 4.78 is 3.74. The van der Waals surface area contributed by atoms with Gasteiger partial charge in [-0.25, -0.2) is 0 Å². The predicted molar refractivity (Wildman–Crippen MR) is 82.5 cm³/mol. The first-order chi connectivity index (χ1) is 10.1. The topological polar surface area (TPSA) is 52.7 Å². The fourth-order valence-electron chi connectivity index (χ4n) is 2.60. The molecule has 0 fully saturated rings. The molecule has 0 unspecified atom stereocenters. The predicted octanol–water partition coefficient (Wildman–Crippen LogP) is 3.19. The molecule has 21 heavy (non-hydrogen) atoms. The largest absolute Gasteiger partial charge is 0.292 e. The van der Waals surface area contributed by atoms with Gasteiger partial charge in [-0.2, -0.15) is 10.2 Å². The van der Waals surface area contributed by atoms with Gasteiger partial charge in [0.2, 0.25) is 0 Å². The number of ketones is 1. The van der Waals surface area contributed by atoms with E-state index in [0.717, 1.165) is 24.2 Å². The van der Waals surface area contributed by atoms with Crippen molar-refractivity contribution in [1.29, 1.82) is 0 Å². The lowest BCUT2D eigenvalue weighted by molar-refractivity contribution is 0.0981. The molecule has 0 aromatic carbocycles. The molecule has 0 radical (unpaired) electrons. The Labute approximate surface area is 126 Å². The Morgan fingerprint density at radius 1 is 1.24 bits per heavy atom. The van der Waals surface area contributed by atoms with Crippen molar-refractivity contribution in [1.82, 2.24) is 19.6 Å². The number of carbonyl (C=O) groups is 1. The zero-order chi connectivity index (χ0) is 15.4. The molecular weight excluding hydrogens is 264 g/mol. The first-order valence-corrected chi connectivity index (χ1v) is 7.70. The van der Waals surface area contributed by atoms with Crippen molar-refractivity contribution in [3.8, 4) is 0 Å². The molecule has 2 rings (SSSR count). The number of aryl methyl sites for hydroxylation is 2. The summed E-state index contributed by atoms with van der Waals surface area (Å²) in [6, 6.07) is 4.21. The zero-order valence-electron chi connectivity index (χ0n) is 13.3. The molecule has 0 bridgehead atoms. The molecule has 0 saturated carbocycles. The number of rotatable bonds is 7. The van der Waals surface area contributed by atoms with Crippen molar-refractivity contribution in [2.45, 2.75) is 59.5 Å². The molecule has 0 amide bonds. The molecule has 0 saturated heterocycles. The van der Waals surface area contributed by atoms with E-state index in [1.54, 1.807) is 4.68 Å². The number of nitrogens with zero attached hydrogens (tertiary/aromatic N) is 4. The molecule has 2 aromatic rings. The van der Waals surface area contributed by atoms with Gasteiger partial charge in [0.15, 0.2) is 5.78 Å². The Morgan fingerprint density at radius 2 is 1.95 bits per heavy atom. The van der Waals surface area contributed by atoms with E-state index in [4.69, 9.17) is 0 Å². The van der Waals surface area contributed by atoms with E-state index in [-0.39, 0.29) is 5.78 Å². The Bertz CT molecular complexity index is 608. The van der Waals surface area contributed by atoms with E-state index < -0.39 is 0 Å². The normalized spacial score (nSPS) is 11.3. The fraction of sp³-hybridized carbons (Fsp3) is 0.562. The third kappa shape index (κ3) is 3.40.